The molecule has 3 N–H and O–H groups in total. The van der Waals surface area contributed by atoms with E-state index < -0.39 is 35.7 Å². The highest BCUT2D eigenvalue weighted by Gasteiger charge is 2.31. The lowest BCUT2D eigenvalue weighted by Gasteiger charge is -2.21. The molecule has 0 saturated heterocycles. The molecule has 7 aromatic carbocycles. The van der Waals surface area contributed by atoms with Gasteiger partial charge in [0, 0.05) is 42.4 Å². The van der Waals surface area contributed by atoms with Crippen molar-refractivity contribution in [1.29, 1.82) is 0 Å². The van der Waals surface area contributed by atoms with Crippen LogP contribution < -0.4 is 11.1 Å². The number of hydrogen-bond acceptors (Lipinski definition) is 6. The van der Waals surface area contributed by atoms with E-state index in [1.54, 1.807) is 11.3 Å². The van der Waals surface area contributed by atoms with Gasteiger partial charge in [-0.05, 0) is 102 Å². The van der Waals surface area contributed by atoms with E-state index in [0.29, 0.717) is 28.6 Å². The first kappa shape index (κ1) is 46.0. The van der Waals surface area contributed by atoms with E-state index in [1.165, 1.54) is 24.3 Å². The Kier molecular flexibility index (Phi) is 12.5. The molecule has 10 rings (SSSR count). The normalized spacial score (nSPS) is 14.2. The maximum Gasteiger partial charge on any atom is 0.416 e. The van der Waals surface area contributed by atoms with Crippen molar-refractivity contribution in [3.05, 3.63) is 210 Å². The van der Waals surface area contributed by atoms with Crippen LogP contribution in [0.3, 0.4) is 0 Å². The minimum Gasteiger partial charge on any atom is -0.351 e. The van der Waals surface area contributed by atoms with Crippen molar-refractivity contribution in [3.63, 3.8) is 0 Å². The van der Waals surface area contributed by atoms with Gasteiger partial charge < -0.3 is 11.1 Å². The number of benzene rings is 7. The SMILES string of the molecule is C[C@@H](/N=C(\NC(N)C1=CCCC=C1)c1ccc(-c2ccc3sc4ccc(-c5ccc(-c6nc(-c7ccccc7)nc(-c7ccc(C(F)(F)F)cc7)n6)cc5)cc4c3c2)cc1)c1ccc(C(F)(F)F)cc1. The summed E-state index contributed by atoms with van der Waals surface area (Å²) >= 11 is 1.72. The Morgan fingerprint density at radius 1 is 0.557 bits per heavy atom. The van der Waals surface area contributed by atoms with Gasteiger partial charge in [-0.15, -0.1) is 11.3 Å². The van der Waals surface area contributed by atoms with Crippen molar-refractivity contribution in [2.24, 2.45) is 10.7 Å². The fraction of sp³-hybridized carbons (Fsp3) is 0.123. The summed E-state index contributed by atoms with van der Waals surface area (Å²) < 4.78 is 82.4. The Hall–Kier alpha value is -7.74. The van der Waals surface area contributed by atoms with Crippen molar-refractivity contribution < 1.29 is 26.3 Å². The van der Waals surface area contributed by atoms with Crippen LogP contribution >= 0.6 is 11.3 Å². The molecule has 0 fully saturated rings. The van der Waals surface area contributed by atoms with Gasteiger partial charge in [-0.1, -0.05) is 133 Å². The van der Waals surface area contributed by atoms with Gasteiger partial charge in [-0.25, -0.2) is 15.0 Å². The number of allylic oxidation sites excluding steroid dienone is 2. The first-order valence-electron chi connectivity index (χ1n) is 22.5. The maximum absolute atomic E-state index is 13.4. The first-order valence-corrected chi connectivity index (χ1v) is 23.4. The molecule has 1 aliphatic carbocycles. The van der Waals surface area contributed by atoms with Crippen LogP contribution in [0.1, 0.15) is 48.1 Å². The third kappa shape index (κ3) is 9.89. The number of nitrogens with two attached hydrogens (primary N) is 1. The van der Waals surface area contributed by atoms with E-state index in [9.17, 15) is 26.3 Å². The summed E-state index contributed by atoms with van der Waals surface area (Å²) in [5.41, 5.74) is 13.4. The standard InChI is InChI=1S/C57H42F6N6S/c1-34(35-20-26-45(27-21-35)56(58,59)60)65-52(66-51(64)38-8-4-2-5-9-38)40-16-12-36(13-17-40)43-24-30-49-47(32-43)48-33-44(25-31-50(48)70-49)37-14-18-41(19-15-37)54-67-53(39-10-6-3-7-11-39)68-55(69-54)42-22-28-46(29-23-42)57(61,62)63/h3-4,6-34,51H,2,5,64H2,1H3,(H,65,66)/t34-,51?/m1/s1. The van der Waals surface area contributed by atoms with Crippen molar-refractivity contribution in [1.82, 2.24) is 20.3 Å². The zero-order chi connectivity index (χ0) is 48.6. The number of amidine groups is 1. The predicted molar refractivity (Wildman–Crippen MR) is 269 cm³/mol. The lowest BCUT2D eigenvalue weighted by molar-refractivity contribution is -0.138. The molecule has 13 heteroatoms. The molecule has 6 nitrogen and oxygen atoms in total. The maximum atomic E-state index is 13.4. The summed E-state index contributed by atoms with van der Waals surface area (Å²) in [5, 5.41) is 5.61. The second-order valence-corrected chi connectivity index (χ2v) is 18.1. The second kappa shape index (κ2) is 19.0. The Labute approximate surface area is 403 Å². The third-order valence-electron chi connectivity index (χ3n) is 12.3. The molecule has 0 bridgehead atoms. The molecular weight excluding hydrogens is 915 g/mol. The second-order valence-electron chi connectivity index (χ2n) is 17.0. The van der Waals surface area contributed by atoms with Gasteiger partial charge >= 0.3 is 12.4 Å². The smallest absolute Gasteiger partial charge is 0.351 e. The summed E-state index contributed by atoms with van der Waals surface area (Å²) in [6.45, 7) is 1.84. The number of nitrogens with one attached hydrogen (secondary N) is 1. The van der Waals surface area contributed by atoms with Gasteiger partial charge in [-0.3, -0.25) is 4.99 Å². The van der Waals surface area contributed by atoms with Gasteiger partial charge in [0.1, 0.15) is 12.0 Å². The quantitative estimate of drug-likeness (QED) is 0.0617. The molecule has 0 saturated carbocycles. The Balaban J connectivity index is 0.931. The Morgan fingerprint density at radius 2 is 1.01 bits per heavy atom. The monoisotopic (exact) mass is 956 g/mol. The molecule has 2 aromatic heterocycles. The number of halogens is 6. The van der Waals surface area contributed by atoms with Crippen LogP contribution in [0.5, 0.6) is 0 Å². The van der Waals surface area contributed by atoms with Gasteiger partial charge in [0.05, 0.1) is 17.2 Å². The molecule has 0 spiro atoms. The molecule has 2 atom stereocenters. The highest BCUT2D eigenvalue weighted by Crippen LogP contribution is 2.39. The van der Waals surface area contributed by atoms with Gasteiger partial charge in [0.15, 0.2) is 17.5 Å². The third-order valence-corrected chi connectivity index (χ3v) is 13.4. The lowest BCUT2D eigenvalue weighted by Crippen LogP contribution is -2.43. The van der Waals surface area contributed by atoms with E-state index >= 15 is 0 Å². The zero-order valence-corrected chi connectivity index (χ0v) is 38.2. The molecule has 348 valence electrons. The molecule has 70 heavy (non-hydrogen) atoms. The van der Waals surface area contributed by atoms with Crippen molar-refractivity contribution in [2.45, 2.75) is 44.3 Å². The molecule has 0 amide bonds. The van der Waals surface area contributed by atoms with Gasteiger partial charge in [0.25, 0.3) is 0 Å². The van der Waals surface area contributed by atoms with Crippen LogP contribution in [-0.2, 0) is 12.4 Å². The molecule has 0 radical (unpaired) electrons. The van der Waals surface area contributed by atoms with Crippen LogP contribution in [0, 0.1) is 0 Å². The lowest BCUT2D eigenvalue weighted by atomic mass is 9.99. The predicted octanol–water partition coefficient (Wildman–Crippen LogP) is 15.3. The van der Waals surface area contributed by atoms with Crippen molar-refractivity contribution in [2.75, 3.05) is 0 Å². The molecule has 1 aliphatic rings. The fourth-order valence-corrected chi connectivity index (χ4v) is 9.50. The molecule has 0 aliphatic heterocycles. The number of nitrogens with zero attached hydrogens (tertiary/aromatic N) is 4. The summed E-state index contributed by atoms with van der Waals surface area (Å²) in [6.07, 6.45) is -1.46. The van der Waals surface area contributed by atoms with E-state index in [4.69, 9.17) is 20.7 Å². The number of aliphatic imine (C=N–C) groups is 1. The molecule has 2 heterocycles. The summed E-state index contributed by atoms with van der Waals surface area (Å²) in [4.78, 5) is 19.1. The number of aromatic nitrogens is 3. The van der Waals surface area contributed by atoms with E-state index in [2.05, 4.69) is 58.9 Å². The van der Waals surface area contributed by atoms with Crippen LogP contribution in [0.4, 0.5) is 26.3 Å². The average Bonchev–Trinajstić information content (AvgIpc) is 3.76. The molecule has 9 aromatic rings. The fourth-order valence-electron chi connectivity index (χ4n) is 8.44. The number of hydrogen-bond donors (Lipinski definition) is 2. The van der Waals surface area contributed by atoms with E-state index in [0.717, 1.165) is 102 Å². The first-order chi connectivity index (χ1) is 33.7. The topological polar surface area (TPSA) is 89.1 Å². The summed E-state index contributed by atoms with van der Waals surface area (Å²) in [6, 6.07) is 47.6. The van der Waals surface area contributed by atoms with E-state index in [1.807, 2.05) is 91.9 Å². The highest BCUT2D eigenvalue weighted by atomic mass is 32.1. The van der Waals surface area contributed by atoms with Crippen molar-refractivity contribution in [3.8, 4) is 56.4 Å². The van der Waals surface area contributed by atoms with Crippen LogP contribution in [0.15, 0.2) is 193 Å². The number of rotatable bonds is 10. The summed E-state index contributed by atoms with van der Waals surface area (Å²) in [5.74, 6) is 1.58. The Morgan fingerprint density at radius 3 is 1.51 bits per heavy atom. The van der Waals surface area contributed by atoms with Gasteiger partial charge in [-0.2, -0.15) is 26.3 Å². The Bertz CT molecular complexity index is 3430. The molecular formula is C57H42F6N6S. The number of fused-ring (bicyclic) bond motifs is 3. The minimum atomic E-state index is -4.47. The highest BCUT2D eigenvalue weighted by molar-refractivity contribution is 7.25. The number of alkyl halides is 6. The minimum absolute atomic E-state index is 0.261. The number of thiophene rings is 1. The largest absolute Gasteiger partial charge is 0.416 e. The zero-order valence-electron chi connectivity index (χ0n) is 37.4. The summed E-state index contributed by atoms with van der Waals surface area (Å²) in [7, 11) is 0. The average molecular weight is 957 g/mol. The van der Waals surface area contributed by atoms with Crippen LogP contribution in [0.25, 0.3) is 76.6 Å². The molecule has 1 unspecified atom stereocenters. The van der Waals surface area contributed by atoms with Crippen LogP contribution in [-0.4, -0.2) is 27.0 Å². The van der Waals surface area contributed by atoms with Gasteiger partial charge in [0.2, 0.25) is 0 Å². The van der Waals surface area contributed by atoms with E-state index in [-0.39, 0.29) is 5.82 Å². The van der Waals surface area contributed by atoms with Crippen molar-refractivity contribution >= 4 is 37.3 Å². The van der Waals surface area contributed by atoms with Crippen LogP contribution in [0.2, 0.25) is 0 Å².